The van der Waals surface area contributed by atoms with Gasteiger partial charge in [-0.2, -0.15) is 0 Å². The van der Waals surface area contributed by atoms with Crippen LogP contribution in [0.2, 0.25) is 0 Å². The predicted molar refractivity (Wildman–Crippen MR) is 130 cm³/mol. The van der Waals surface area contributed by atoms with Gasteiger partial charge in [0.2, 0.25) is 5.91 Å². The van der Waals surface area contributed by atoms with Crippen molar-refractivity contribution in [2.45, 2.75) is 18.5 Å². The Morgan fingerprint density at radius 1 is 1.03 bits per heavy atom. The Kier molecular flexibility index (Phi) is 5.56. The number of anilines is 1. The Morgan fingerprint density at radius 2 is 1.88 bits per heavy atom. The molecule has 2 aromatic carbocycles. The third kappa shape index (κ3) is 3.94. The zero-order valence-corrected chi connectivity index (χ0v) is 18.2. The maximum absolute atomic E-state index is 12.8. The van der Waals surface area contributed by atoms with E-state index >= 15 is 0 Å². The first kappa shape index (κ1) is 20.2. The van der Waals surface area contributed by atoms with Crippen LogP contribution >= 0.6 is 12.2 Å². The van der Waals surface area contributed by atoms with E-state index in [0.717, 1.165) is 27.8 Å². The molecule has 160 valence electrons. The number of H-pyrrole nitrogens is 1. The largest absolute Gasteiger partial charge is 0.363 e. The maximum atomic E-state index is 12.8. The van der Waals surface area contributed by atoms with Crippen LogP contribution in [0.25, 0.3) is 10.8 Å². The van der Waals surface area contributed by atoms with Crippen LogP contribution in [0.15, 0.2) is 85.2 Å². The molecule has 1 fully saturated rings. The van der Waals surface area contributed by atoms with Gasteiger partial charge in [0.25, 0.3) is 0 Å². The van der Waals surface area contributed by atoms with E-state index in [9.17, 15) is 4.79 Å². The molecule has 1 saturated heterocycles. The summed E-state index contributed by atoms with van der Waals surface area (Å²) in [6.07, 6.45) is 4.00. The van der Waals surface area contributed by atoms with Gasteiger partial charge in [0.15, 0.2) is 5.11 Å². The molecular formula is C25H23N5OS. The van der Waals surface area contributed by atoms with Gasteiger partial charge in [-0.15, -0.1) is 0 Å². The quantitative estimate of drug-likeness (QED) is 0.383. The maximum Gasteiger partial charge on any atom is 0.226 e. The van der Waals surface area contributed by atoms with Gasteiger partial charge in [-0.05, 0) is 47.9 Å². The summed E-state index contributed by atoms with van der Waals surface area (Å²) in [5.74, 6) is -0.0457. The van der Waals surface area contributed by atoms with Crippen molar-refractivity contribution in [1.82, 2.24) is 20.2 Å². The number of thiocarbonyl (C=S) groups is 1. The normalized spacial score (nSPS) is 18.0. The molecule has 0 saturated carbocycles. The van der Waals surface area contributed by atoms with Gasteiger partial charge in [-0.1, -0.05) is 42.5 Å². The van der Waals surface area contributed by atoms with Crippen LogP contribution in [-0.2, 0) is 4.79 Å². The van der Waals surface area contributed by atoms with Crippen molar-refractivity contribution < 1.29 is 4.79 Å². The van der Waals surface area contributed by atoms with Crippen LogP contribution in [0.3, 0.4) is 0 Å². The van der Waals surface area contributed by atoms with Gasteiger partial charge >= 0.3 is 0 Å². The fourth-order valence-electron chi connectivity index (χ4n) is 4.28. The summed E-state index contributed by atoms with van der Waals surface area (Å²) >= 11 is 5.65. The summed E-state index contributed by atoms with van der Waals surface area (Å²) in [5.41, 5.74) is 2.77. The lowest BCUT2D eigenvalue weighted by Gasteiger charge is -2.26. The summed E-state index contributed by atoms with van der Waals surface area (Å²) in [4.78, 5) is 22.8. The first-order valence-corrected chi connectivity index (χ1v) is 11.0. The topological polar surface area (TPSA) is 73.0 Å². The number of carbonyl (C=O) groups excluding carboxylic acids is 1. The Balaban J connectivity index is 1.33. The number of hydrogen-bond donors (Lipinski definition) is 3. The van der Waals surface area contributed by atoms with Gasteiger partial charge in [0.05, 0.1) is 17.8 Å². The Morgan fingerprint density at radius 3 is 2.69 bits per heavy atom. The Bertz CT molecular complexity index is 1240. The van der Waals surface area contributed by atoms with Crippen LogP contribution in [0.4, 0.5) is 5.69 Å². The highest BCUT2D eigenvalue weighted by atomic mass is 32.1. The smallest absolute Gasteiger partial charge is 0.226 e. The van der Waals surface area contributed by atoms with Gasteiger partial charge in [0, 0.05) is 42.1 Å². The van der Waals surface area contributed by atoms with Crippen molar-refractivity contribution >= 4 is 39.7 Å². The lowest BCUT2D eigenvalue weighted by atomic mass is 10.0. The molecule has 2 aromatic heterocycles. The fraction of sp³-hybridized carbons (Fsp3) is 0.160. The molecule has 1 aliphatic rings. The number of nitrogens with zero attached hydrogens (tertiary/aromatic N) is 2. The molecule has 0 radical (unpaired) electrons. The molecule has 5 rings (SSSR count). The first-order valence-electron chi connectivity index (χ1n) is 10.6. The lowest BCUT2D eigenvalue weighted by Crippen LogP contribution is -2.32. The second-order valence-electron chi connectivity index (χ2n) is 7.77. The number of aromatic nitrogens is 2. The van der Waals surface area contributed by atoms with Gasteiger partial charge < -0.3 is 20.5 Å². The summed E-state index contributed by atoms with van der Waals surface area (Å²) in [5, 5.41) is 9.22. The van der Waals surface area contributed by atoms with Crippen LogP contribution < -0.4 is 10.6 Å². The van der Waals surface area contributed by atoms with Gasteiger partial charge in [-0.25, -0.2) is 0 Å². The minimum absolute atomic E-state index is 0.0457. The van der Waals surface area contributed by atoms with Crippen molar-refractivity contribution in [3.8, 4) is 0 Å². The SMILES string of the molecule is O=C(CCN1C(=S)N[C@H](c2ccccn2)[C@H]1c1ccc[nH]1)Nc1cccc2ccccc12. The number of rotatable bonds is 6. The molecule has 0 unspecified atom stereocenters. The van der Waals surface area contributed by atoms with E-state index in [-0.39, 0.29) is 18.0 Å². The molecule has 4 aromatic rings. The summed E-state index contributed by atoms with van der Waals surface area (Å²) < 4.78 is 0. The second-order valence-corrected chi connectivity index (χ2v) is 8.16. The first-order chi connectivity index (χ1) is 15.7. The molecular weight excluding hydrogens is 418 g/mol. The highest BCUT2D eigenvalue weighted by Gasteiger charge is 2.40. The van der Waals surface area contributed by atoms with Crippen molar-refractivity contribution in [2.75, 3.05) is 11.9 Å². The molecule has 0 spiro atoms. The number of benzene rings is 2. The molecule has 1 amide bonds. The number of fused-ring (bicyclic) bond motifs is 1. The van der Waals surface area contributed by atoms with E-state index in [1.54, 1.807) is 6.20 Å². The Labute approximate surface area is 191 Å². The molecule has 32 heavy (non-hydrogen) atoms. The van der Waals surface area contributed by atoms with Gasteiger partial charge in [0.1, 0.15) is 0 Å². The summed E-state index contributed by atoms with van der Waals surface area (Å²) in [7, 11) is 0. The monoisotopic (exact) mass is 441 g/mol. The minimum atomic E-state index is -0.0940. The molecule has 3 heterocycles. The number of hydrogen-bond acceptors (Lipinski definition) is 3. The second kappa shape index (κ2) is 8.80. The zero-order chi connectivity index (χ0) is 21.9. The average Bonchev–Trinajstić information content (AvgIpc) is 3.46. The number of amides is 1. The van der Waals surface area contributed by atoms with Crippen LogP contribution in [-0.4, -0.2) is 32.4 Å². The van der Waals surface area contributed by atoms with Crippen LogP contribution in [0, 0.1) is 0 Å². The molecule has 0 aliphatic carbocycles. The lowest BCUT2D eigenvalue weighted by molar-refractivity contribution is -0.116. The van der Waals surface area contributed by atoms with Crippen molar-refractivity contribution in [2.24, 2.45) is 0 Å². The van der Waals surface area contributed by atoms with Gasteiger partial charge in [-0.3, -0.25) is 9.78 Å². The van der Waals surface area contributed by atoms with E-state index in [1.807, 2.05) is 79.0 Å². The van der Waals surface area contributed by atoms with Crippen molar-refractivity contribution in [3.05, 3.63) is 96.6 Å². The summed E-state index contributed by atoms with van der Waals surface area (Å²) in [6.45, 7) is 0.495. The average molecular weight is 442 g/mol. The zero-order valence-electron chi connectivity index (χ0n) is 17.4. The fourth-order valence-corrected chi connectivity index (χ4v) is 4.61. The molecule has 6 nitrogen and oxygen atoms in total. The molecule has 3 N–H and O–H groups in total. The predicted octanol–water partition coefficient (Wildman–Crippen LogP) is 4.56. The molecule has 2 atom stereocenters. The third-order valence-electron chi connectivity index (χ3n) is 5.78. The van der Waals surface area contributed by atoms with Crippen molar-refractivity contribution in [3.63, 3.8) is 0 Å². The number of aromatic amines is 1. The van der Waals surface area contributed by atoms with E-state index in [1.165, 1.54) is 0 Å². The van der Waals surface area contributed by atoms with Crippen LogP contribution in [0.1, 0.15) is 29.9 Å². The standard InChI is InChI=1S/C25H23N5OS/c31-22(28-19-11-5-8-17-7-1-2-9-18(17)19)13-16-30-24(21-12-6-15-27-21)23(29-25(30)32)20-10-3-4-14-26-20/h1-12,14-15,23-24,27H,13,16H2,(H,28,31)(H,29,32)/t23-,24-/m1/s1. The summed E-state index contributed by atoms with van der Waals surface area (Å²) in [6, 6.07) is 23.7. The Hall–Kier alpha value is -3.71. The number of carbonyl (C=O) groups is 1. The van der Waals surface area contributed by atoms with Crippen molar-refractivity contribution in [1.29, 1.82) is 0 Å². The number of nitrogens with one attached hydrogen (secondary N) is 3. The molecule has 0 bridgehead atoms. The van der Waals surface area contributed by atoms with E-state index in [4.69, 9.17) is 12.2 Å². The van der Waals surface area contributed by atoms with E-state index < -0.39 is 0 Å². The highest BCUT2D eigenvalue weighted by molar-refractivity contribution is 7.80. The van der Waals surface area contributed by atoms with E-state index in [2.05, 4.69) is 25.5 Å². The van der Waals surface area contributed by atoms with Crippen LogP contribution in [0.5, 0.6) is 0 Å². The number of pyridine rings is 1. The van der Waals surface area contributed by atoms with E-state index in [0.29, 0.717) is 18.1 Å². The molecule has 1 aliphatic heterocycles. The molecule has 7 heteroatoms. The highest BCUT2D eigenvalue weighted by Crippen LogP contribution is 2.37. The third-order valence-corrected chi connectivity index (χ3v) is 6.13. The minimum Gasteiger partial charge on any atom is -0.363 e.